The Labute approximate surface area is 118 Å². The fraction of sp³-hybridized carbons (Fsp3) is 0.0769. The van der Waals surface area contributed by atoms with Gasteiger partial charge in [-0.1, -0.05) is 35.3 Å². The van der Waals surface area contributed by atoms with E-state index in [0.717, 1.165) is 11.3 Å². The van der Waals surface area contributed by atoms with Crippen LogP contribution in [0.1, 0.15) is 5.56 Å². The minimum Gasteiger partial charge on any atom is -0.268 e. The van der Waals surface area contributed by atoms with Gasteiger partial charge in [0.15, 0.2) is 0 Å². The largest absolute Gasteiger partial charge is 0.268 e. The van der Waals surface area contributed by atoms with Crippen LogP contribution in [0.4, 0.5) is 0 Å². The van der Waals surface area contributed by atoms with Crippen LogP contribution in [0.25, 0.3) is 5.69 Å². The molecule has 2 heterocycles. The monoisotopic (exact) mass is 291 g/mol. The van der Waals surface area contributed by atoms with E-state index in [-0.39, 0.29) is 5.56 Å². The Hall–Kier alpha value is -1.85. The van der Waals surface area contributed by atoms with Crippen LogP contribution in [-0.2, 0) is 6.54 Å². The number of aromatic nitrogens is 3. The summed E-state index contributed by atoms with van der Waals surface area (Å²) < 4.78 is 3.42. The summed E-state index contributed by atoms with van der Waals surface area (Å²) >= 11 is 7.25. The van der Waals surface area contributed by atoms with Crippen molar-refractivity contribution in [2.75, 3.05) is 0 Å². The summed E-state index contributed by atoms with van der Waals surface area (Å²) in [4.78, 5) is 11.5. The fourth-order valence-corrected chi connectivity index (χ4v) is 2.62. The van der Waals surface area contributed by atoms with Gasteiger partial charge in [-0.25, -0.2) is 4.68 Å². The Balaban J connectivity index is 1.83. The molecule has 0 saturated carbocycles. The molecule has 0 aliphatic carbocycles. The summed E-state index contributed by atoms with van der Waals surface area (Å²) in [5.41, 5.74) is 2.05. The molecule has 0 radical (unpaired) electrons. The molecule has 0 bridgehead atoms. The number of hydrogen-bond donors (Lipinski definition) is 0. The number of rotatable bonds is 3. The van der Waals surface area contributed by atoms with Crippen LogP contribution in [-0.4, -0.2) is 13.7 Å². The lowest BCUT2D eigenvalue weighted by molar-refractivity contribution is 0.843. The number of nitrogens with zero attached hydrogens (tertiary/aromatic N) is 3. The van der Waals surface area contributed by atoms with Gasteiger partial charge in [0.2, 0.25) is 0 Å². The number of hydrogen-bond acceptors (Lipinski definition) is 3. The Bertz CT molecular complexity index is 742. The molecule has 96 valence electrons. The quantitative estimate of drug-likeness (QED) is 0.744. The van der Waals surface area contributed by atoms with Crippen LogP contribution in [0, 0.1) is 0 Å². The summed E-state index contributed by atoms with van der Waals surface area (Å²) in [7, 11) is 0. The Morgan fingerprint density at radius 1 is 1.21 bits per heavy atom. The van der Waals surface area contributed by atoms with Gasteiger partial charge in [-0.15, -0.1) is 0 Å². The first-order chi connectivity index (χ1) is 9.22. The molecule has 0 amide bonds. The molecule has 2 aromatic heterocycles. The smallest absolute Gasteiger partial charge is 0.260 e. The molecule has 0 atom stereocenters. The van der Waals surface area contributed by atoms with Crippen LogP contribution in [0.2, 0.25) is 5.02 Å². The first-order valence-electron chi connectivity index (χ1n) is 5.67. The third kappa shape index (κ3) is 2.62. The molecule has 4 nitrogen and oxygen atoms in total. The van der Waals surface area contributed by atoms with E-state index in [1.54, 1.807) is 32.5 Å². The lowest BCUT2D eigenvalue weighted by atomic mass is 10.2. The Morgan fingerprint density at radius 3 is 2.58 bits per heavy atom. The van der Waals surface area contributed by atoms with Crippen molar-refractivity contribution in [3.8, 4) is 5.69 Å². The standard InChI is InChI=1S/C13H10ClN3OS/c14-11-7-15-16(9-11)12-3-1-10(2-4-12)8-17-13(18)5-6-19-17/h1-7,9H,8H2. The zero-order valence-electron chi connectivity index (χ0n) is 9.86. The third-order valence-electron chi connectivity index (χ3n) is 2.72. The topological polar surface area (TPSA) is 39.8 Å². The molecule has 0 saturated heterocycles. The molecule has 0 N–H and O–H groups in total. The van der Waals surface area contributed by atoms with Crippen molar-refractivity contribution in [1.29, 1.82) is 0 Å². The molecular weight excluding hydrogens is 282 g/mol. The molecule has 3 rings (SSSR count). The molecule has 3 aromatic rings. The van der Waals surface area contributed by atoms with Crippen LogP contribution < -0.4 is 5.56 Å². The highest BCUT2D eigenvalue weighted by atomic mass is 35.5. The molecule has 0 fully saturated rings. The second-order valence-electron chi connectivity index (χ2n) is 4.05. The maximum atomic E-state index is 11.5. The summed E-state index contributed by atoms with van der Waals surface area (Å²) in [6.07, 6.45) is 3.35. The normalized spacial score (nSPS) is 10.8. The van der Waals surface area contributed by atoms with Crippen molar-refractivity contribution >= 4 is 23.1 Å². The predicted molar refractivity (Wildman–Crippen MR) is 76.3 cm³/mol. The molecule has 0 aliphatic heterocycles. The second-order valence-corrected chi connectivity index (χ2v) is 5.41. The second kappa shape index (κ2) is 5.03. The van der Waals surface area contributed by atoms with Gasteiger partial charge in [0.25, 0.3) is 5.56 Å². The maximum absolute atomic E-state index is 11.5. The lowest BCUT2D eigenvalue weighted by Crippen LogP contribution is -2.12. The van der Waals surface area contributed by atoms with Crippen molar-refractivity contribution in [2.45, 2.75) is 6.54 Å². The first kappa shape index (κ1) is 12.2. The Kier molecular flexibility index (Phi) is 3.23. The maximum Gasteiger partial charge on any atom is 0.260 e. The van der Waals surface area contributed by atoms with Gasteiger partial charge in [-0.2, -0.15) is 5.10 Å². The van der Waals surface area contributed by atoms with Gasteiger partial charge in [-0.3, -0.25) is 8.75 Å². The molecular formula is C13H10ClN3OS. The average molecular weight is 292 g/mol. The van der Waals surface area contributed by atoms with Crippen molar-refractivity contribution < 1.29 is 0 Å². The molecule has 0 aliphatic rings. The fourth-order valence-electron chi connectivity index (χ4n) is 1.77. The minimum atomic E-state index is 0.0351. The van der Waals surface area contributed by atoms with Crippen molar-refractivity contribution in [3.63, 3.8) is 0 Å². The van der Waals surface area contributed by atoms with Gasteiger partial charge < -0.3 is 0 Å². The van der Waals surface area contributed by atoms with E-state index in [1.165, 1.54) is 11.5 Å². The molecule has 1 aromatic carbocycles. The molecule has 6 heteroatoms. The molecule has 0 spiro atoms. The number of benzene rings is 1. The SMILES string of the molecule is O=c1ccsn1Cc1ccc(-n2cc(Cl)cn2)cc1. The average Bonchev–Trinajstić information content (AvgIpc) is 3.00. The van der Waals surface area contributed by atoms with Crippen LogP contribution in [0.15, 0.2) is 52.9 Å². The van der Waals surface area contributed by atoms with E-state index >= 15 is 0 Å². The van der Waals surface area contributed by atoms with E-state index in [9.17, 15) is 4.79 Å². The summed E-state index contributed by atoms with van der Waals surface area (Å²) in [6, 6.07) is 9.45. The van der Waals surface area contributed by atoms with Crippen molar-refractivity contribution in [3.05, 3.63) is 69.0 Å². The van der Waals surface area contributed by atoms with Crippen LogP contribution in [0.5, 0.6) is 0 Å². The Morgan fingerprint density at radius 2 is 2.00 bits per heavy atom. The minimum absolute atomic E-state index is 0.0351. The van der Waals surface area contributed by atoms with Gasteiger partial charge in [0, 0.05) is 17.6 Å². The molecule has 19 heavy (non-hydrogen) atoms. The van der Waals surface area contributed by atoms with E-state index in [4.69, 9.17) is 11.6 Å². The van der Waals surface area contributed by atoms with E-state index in [1.807, 2.05) is 24.3 Å². The molecule has 0 unspecified atom stereocenters. The third-order valence-corrected chi connectivity index (χ3v) is 3.74. The highest BCUT2D eigenvalue weighted by Crippen LogP contribution is 2.13. The van der Waals surface area contributed by atoms with Crippen LogP contribution in [0.3, 0.4) is 0 Å². The first-order valence-corrected chi connectivity index (χ1v) is 6.88. The van der Waals surface area contributed by atoms with E-state index in [0.29, 0.717) is 11.6 Å². The lowest BCUT2D eigenvalue weighted by Gasteiger charge is -2.04. The van der Waals surface area contributed by atoms with Gasteiger partial charge in [0.1, 0.15) is 0 Å². The van der Waals surface area contributed by atoms with Gasteiger partial charge in [-0.05, 0) is 17.7 Å². The highest BCUT2D eigenvalue weighted by Gasteiger charge is 2.01. The zero-order valence-corrected chi connectivity index (χ0v) is 11.4. The van der Waals surface area contributed by atoms with E-state index in [2.05, 4.69) is 5.10 Å². The predicted octanol–water partition coefficient (Wildman–Crippen LogP) is 2.80. The summed E-state index contributed by atoms with van der Waals surface area (Å²) in [6.45, 7) is 0.594. The van der Waals surface area contributed by atoms with Crippen molar-refractivity contribution in [2.24, 2.45) is 0 Å². The highest BCUT2D eigenvalue weighted by molar-refractivity contribution is 7.04. The van der Waals surface area contributed by atoms with Gasteiger partial charge in [0.05, 0.1) is 23.5 Å². The summed E-state index contributed by atoms with van der Waals surface area (Å²) in [5.74, 6) is 0. The van der Waals surface area contributed by atoms with Crippen molar-refractivity contribution in [1.82, 2.24) is 13.7 Å². The number of halogens is 1. The zero-order chi connectivity index (χ0) is 13.2. The van der Waals surface area contributed by atoms with Crippen LogP contribution >= 0.6 is 23.1 Å². The van der Waals surface area contributed by atoms with Gasteiger partial charge >= 0.3 is 0 Å². The van der Waals surface area contributed by atoms with E-state index < -0.39 is 0 Å². The summed E-state index contributed by atoms with van der Waals surface area (Å²) in [5, 5.41) is 6.54.